The fourth-order valence-corrected chi connectivity index (χ4v) is 12.4. The smallest absolute Gasteiger partial charge is 0.497 e. The number of halogens is 1. The number of imidazole rings is 1. The van der Waals surface area contributed by atoms with E-state index < -0.39 is 87.6 Å². The van der Waals surface area contributed by atoms with Crippen LogP contribution in [0.15, 0.2) is 139 Å². The molecule has 4 N–H and O–H groups in total. The molecule has 28 heteroatoms. The molecule has 84 heavy (non-hydrogen) atoms. The van der Waals surface area contributed by atoms with Gasteiger partial charge in [0.25, 0.3) is 11.5 Å². The van der Waals surface area contributed by atoms with Gasteiger partial charge in [0.2, 0.25) is 11.9 Å². The molecule has 10 rings (SSSR count). The van der Waals surface area contributed by atoms with Crippen molar-refractivity contribution in [2.24, 2.45) is 5.92 Å². The average molecular weight is 1210 g/mol. The van der Waals surface area contributed by atoms with Crippen LogP contribution in [0.25, 0.3) is 22.2 Å². The van der Waals surface area contributed by atoms with E-state index in [0.717, 1.165) is 16.5 Å². The van der Waals surface area contributed by atoms with Gasteiger partial charge in [0.05, 0.1) is 64.3 Å². The maximum Gasteiger partial charge on any atom is 0.695 e. The standard InChI is InChI=1S/C56H55FN10O14P2S/c1-33(2)51(68)64-55-63-50-46(53(70)65-55)61-32-67(50)54-47(80-82(71)72)45(57)43(79-54)30-77-83(84,76-27-11-25-58)81-41-28-44(66-26-24-40-48(59-31-60-49(40)66)62-52(69)34-12-7-5-8-13-34)78-42(41)29-75-56(35-14-9-6-10-15-35,36-16-20-38(73-3)21-17-36)37-18-22-39(74-4)23-19-37/h5-10,12-24,26,31-33,41-45,47,54H,11,27-30H2,1-4H3,(H3-,59,60,62,63,64,65,68,69,70,71,72)/p+1/t41-,42+,43+,44+,45+,47+,54+,83?/m0/s1. The number of nitrogens with one attached hydrogen (secondary N) is 3. The zero-order chi connectivity index (χ0) is 59.1. The molecule has 2 unspecified atom stereocenters. The fourth-order valence-electron chi connectivity index (χ4n) is 9.82. The average Bonchev–Trinajstić information content (AvgIpc) is 2.40. The maximum absolute atomic E-state index is 16.9. The first-order chi connectivity index (χ1) is 40.6. The number of nitriles is 1. The minimum absolute atomic E-state index is 0.0347. The number of hydrogen-bond donors (Lipinski definition) is 4. The van der Waals surface area contributed by atoms with Crippen LogP contribution in [-0.4, -0.2) is 115 Å². The van der Waals surface area contributed by atoms with Crippen molar-refractivity contribution in [2.45, 2.75) is 75.3 Å². The zero-order valence-electron chi connectivity index (χ0n) is 45.4. The van der Waals surface area contributed by atoms with Crippen LogP contribution in [0, 0.1) is 17.2 Å². The van der Waals surface area contributed by atoms with Crippen molar-refractivity contribution in [3.8, 4) is 17.6 Å². The highest BCUT2D eigenvalue weighted by Gasteiger charge is 2.53. The van der Waals surface area contributed by atoms with Crippen LogP contribution in [0.1, 0.15) is 66.2 Å². The van der Waals surface area contributed by atoms with Gasteiger partial charge in [-0.3, -0.25) is 29.3 Å². The lowest BCUT2D eigenvalue weighted by molar-refractivity contribution is -0.118. The van der Waals surface area contributed by atoms with Crippen LogP contribution >= 0.6 is 15.0 Å². The normalized spacial score (nSPS) is 20.6. The predicted molar refractivity (Wildman–Crippen MR) is 305 cm³/mol. The van der Waals surface area contributed by atoms with Gasteiger partial charge in [-0.1, -0.05) is 86.6 Å². The van der Waals surface area contributed by atoms with Crippen LogP contribution in [0.2, 0.25) is 0 Å². The molecule has 436 valence electrons. The number of anilines is 2. The number of carbonyl (C=O) groups excluding carboxylic acids is 2. The molecule has 8 aromatic rings. The van der Waals surface area contributed by atoms with E-state index in [1.54, 1.807) is 75.2 Å². The third-order valence-corrected chi connectivity index (χ3v) is 16.8. The maximum atomic E-state index is 16.9. The lowest BCUT2D eigenvalue weighted by Crippen LogP contribution is -2.38. The molecule has 2 aliphatic heterocycles. The van der Waals surface area contributed by atoms with E-state index in [4.69, 9.17) is 53.6 Å². The highest BCUT2D eigenvalue weighted by atomic mass is 32.5. The third-order valence-electron chi connectivity index (χ3n) is 14.0. The molecule has 2 amide bonds. The van der Waals surface area contributed by atoms with Crippen molar-refractivity contribution in [1.29, 1.82) is 5.26 Å². The van der Waals surface area contributed by atoms with Gasteiger partial charge < -0.3 is 47.1 Å². The number of amides is 2. The van der Waals surface area contributed by atoms with E-state index in [-0.39, 0.29) is 54.9 Å². The SMILES string of the molecule is COc1ccc(C(OC[C@H]2O[C@@H](n3ccc4c(NC(=O)c5ccccc5)ncnc43)C[C@@H]2OP(=S)(OCCC#N)OC[C@H]2O[C@@H](n3cnc4c(=O)[nH]c(NC(=O)C(C)C)nc43)[C@H](O[P+](=O)O)[C@@H]2F)(c2ccccc2)c2ccc(OC)cc2)cc1. The van der Waals surface area contributed by atoms with E-state index in [1.165, 1.54) is 6.33 Å². The van der Waals surface area contributed by atoms with E-state index in [9.17, 15) is 29.1 Å². The summed E-state index contributed by atoms with van der Waals surface area (Å²) in [5.74, 6) is -0.140. The Bertz CT molecular complexity index is 3750. The molecule has 24 nitrogen and oxygen atoms in total. The van der Waals surface area contributed by atoms with Gasteiger partial charge in [0, 0.05) is 28.7 Å². The summed E-state index contributed by atoms with van der Waals surface area (Å²) in [5, 5.41) is 15.5. The Labute approximate surface area is 485 Å². The molecule has 0 saturated carbocycles. The van der Waals surface area contributed by atoms with Gasteiger partial charge >= 0.3 is 15.0 Å². The molecule has 2 aliphatic rings. The number of H-pyrrole nitrogens is 1. The lowest BCUT2D eigenvalue weighted by atomic mass is 9.80. The first kappa shape index (κ1) is 59.4. The Morgan fingerprint density at radius 1 is 0.881 bits per heavy atom. The minimum Gasteiger partial charge on any atom is -0.497 e. The number of methoxy groups -OCH3 is 2. The first-order valence-corrected chi connectivity index (χ1v) is 30.0. The van der Waals surface area contributed by atoms with Gasteiger partial charge in [0.1, 0.15) is 53.3 Å². The van der Waals surface area contributed by atoms with Gasteiger partial charge in [-0.05, 0) is 71.0 Å². The topological polar surface area (TPSA) is 297 Å². The number of fused-ring (bicyclic) bond motifs is 2. The number of alkyl halides is 1. The molecular formula is C56H56FN10O14P2S+. The van der Waals surface area contributed by atoms with Crippen LogP contribution in [0.5, 0.6) is 11.5 Å². The van der Waals surface area contributed by atoms with E-state index >= 15 is 4.39 Å². The van der Waals surface area contributed by atoms with Gasteiger partial charge in [-0.2, -0.15) is 10.2 Å². The largest absolute Gasteiger partial charge is 0.695 e. The summed E-state index contributed by atoms with van der Waals surface area (Å²) in [4.78, 5) is 69.0. The summed E-state index contributed by atoms with van der Waals surface area (Å²) in [6.07, 6.45) is -6.16. The number of carbonyl (C=O) groups is 2. The Hall–Kier alpha value is -7.76. The summed E-state index contributed by atoms with van der Waals surface area (Å²) in [6.45, 7) is -2.08. The van der Waals surface area contributed by atoms with Gasteiger partial charge in [-0.15, -0.1) is 9.42 Å². The molecular weight excluding hydrogens is 1150 g/mol. The number of aromatic amines is 1. The van der Waals surface area contributed by atoms with Crippen LogP contribution in [-0.2, 0) is 59.1 Å². The molecule has 9 atom stereocenters. The molecule has 6 heterocycles. The number of nitrogens with zero attached hydrogens (tertiary/aromatic N) is 7. The third kappa shape index (κ3) is 12.7. The fraction of sp³-hybridized carbons (Fsp3) is 0.321. The summed E-state index contributed by atoms with van der Waals surface area (Å²) in [5.41, 5.74) is 0.472. The van der Waals surface area contributed by atoms with Crippen molar-refractivity contribution in [3.05, 3.63) is 167 Å². The molecule has 4 aromatic heterocycles. The molecule has 2 saturated heterocycles. The second-order valence-electron chi connectivity index (χ2n) is 19.5. The van der Waals surface area contributed by atoms with Crippen LogP contribution < -0.4 is 25.7 Å². The highest BCUT2D eigenvalue weighted by molar-refractivity contribution is 8.07. The molecule has 0 radical (unpaired) electrons. The summed E-state index contributed by atoms with van der Waals surface area (Å²) in [6, 6.07) is 36.9. The number of aromatic nitrogens is 7. The zero-order valence-corrected chi connectivity index (χ0v) is 48.0. The quantitative estimate of drug-likeness (QED) is 0.0250. The van der Waals surface area contributed by atoms with Gasteiger partial charge in [-0.25, -0.2) is 19.3 Å². The Balaban J connectivity index is 0.996. The van der Waals surface area contributed by atoms with Gasteiger partial charge in [0.15, 0.2) is 29.7 Å². The molecule has 0 bridgehead atoms. The predicted octanol–water partition coefficient (Wildman–Crippen LogP) is 8.55. The van der Waals surface area contributed by atoms with Crippen molar-refractivity contribution in [2.75, 3.05) is 44.7 Å². The lowest BCUT2D eigenvalue weighted by Gasteiger charge is -2.37. The number of rotatable bonds is 24. The highest BCUT2D eigenvalue weighted by Crippen LogP contribution is 2.55. The minimum atomic E-state index is -4.15. The van der Waals surface area contributed by atoms with Crippen molar-refractivity contribution >= 4 is 72.6 Å². The van der Waals surface area contributed by atoms with E-state index in [2.05, 4.69) is 35.6 Å². The molecule has 4 aromatic carbocycles. The van der Waals surface area contributed by atoms with Crippen LogP contribution in [0.4, 0.5) is 16.2 Å². The molecule has 0 spiro atoms. The second-order valence-corrected chi connectivity index (χ2v) is 23.2. The van der Waals surface area contributed by atoms with Crippen molar-refractivity contribution in [1.82, 2.24) is 34.1 Å². The van der Waals surface area contributed by atoms with Crippen molar-refractivity contribution < 1.29 is 65.2 Å². The Morgan fingerprint density at radius 2 is 1.55 bits per heavy atom. The first-order valence-electron chi connectivity index (χ1n) is 26.3. The monoisotopic (exact) mass is 1210 g/mol. The summed E-state index contributed by atoms with van der Waals surface area (Å²) < 4.78 is 88.2. The molecule has 2 fully saturated rings. The Morgan fingerprint density at radius 3 is 2.19 bits per heavy atom. The second kappa shape index (κ2) is 26.0. The number of hydrogen-bond acceptors (Lipinski definition) is 19. The van der Waals surface area contributed by atoms with E-state index in [0.29, 0.717) is 39.2 Å². The molecule has 0 aliphatic carbocycles. The number of ether oxygens (including phenoxy) is 5. The Kier molecular flexibility index (Phi) is 18.4. The number of benzene rings is 4. The van der Waals surface area contributed by atoms with E-state index in [1.807, 2.05) is 84.9 Å². The summed E-state index contributed by atoms with van der Waals surface area (Å²) >= 11 is 6.13. The van der Waals surface area contributed by atoms with Crippen molar-refractivity contribution in [3.63, 3.8) is 0 Å². The summed E-state index contributed by atoms with van der Waals surface area (Å²) in [7, 11) is -0.305. The van der Waals surface area contributed by atoms with Crippen LogP contribution in [0.3, 0.4) is 0 Å².